The molecule has 2 aromatic rings. The molecule has 4 heteroatoms. The fourth-order valence-corrected chi connectivity index (χ4v) is 1.40. The maximum Gasteiger partial charge on any atom is 0.172 e. The molecule has 0 radical (unpaired) electrons. The molecule has 66 valence electrons. The maximum atomic E-state index is 6.00. The largest absolute Gasteiger partial charge is 0.236 e. The SMILES string of the molecule is Cc1cnc(-n2cccn2)c(Cl)c1. The molecule has 13 heavy (non-hydrogen) atoms. The molecule has 0 atom stereocenters. The highest BCUT2D eigenvalue weighted by Gasteiger charge is 2.03. The molecule has 0 amide bonds. The number of aromatic nitrogens is 3. The van der Waals surface area contributed by atoms with Crippen LogP contribution in [0.25, 0.3) is 5.82 Å². The van der Waals surface area contributed by atoms with Gasteiger partial charge in [-0.2, -0.15) is 5.10 Å². The van der Waals surface area contributed by atoms with Crippen LogP contribution in [-0.2, 0) is 0 Å². The third-order valence-electron chi connectivity index (χ3n) is 1.68. The molecule has 0 aromatic carbocycles. The van der Waals surface area contributed by atoms with Gasteiger partial charge in [-0.3, -0.25) is 0 Å². The van der Waals surface area contributed by atoms with Crippen molar-refractivity contribution in [3.05, 3.63) is 41.3 Å². The van der Waals surface area contributed by atoms with Crippen LogP contribution in [0.3, 0.4) is 0 Å². The molecule has 0 aliphatic rings. The van der Waals surface area contributed by atoms with Crippen molar-refractivity contribution in [1.29, 1.82) is 0 Å². The second-order valence-corrected chi connectivity index (χ2v) is 3.18. The number of aryl methyl sites for hydroxylation is 1. The van der Waals surface area contributed by atoms with Crippen molar-refractivity contribution in [1.82, 2.24) is 14.8 Å². The third-order valence-corrected chi connectivity index (χ3v) is 1.96. The number of halogens is 1. The molecule has 0 bridgehead atoms. The number of pyridine rings is 1. The van der Waals surface area contributed by atoms with Crippen LogP contribution in [0.5, 0.6) is 0 Å². The Balaban J connectivity index is 2.53. The lowest BCUT2D eigenvalue weighted by Crippen LogP contribution is -1.98. The van der Waals surface area contributed by atoms with Crippen molar-refractivity contribution in [2.45, 2.75) is 6.92 Å². The van der Waals surface area contributed by atoms with E-state index in [2.05, 4.69) is 10.1 Å². The van der Waals surface area contributed by atoms with Gasteiger partial charge in [-0.15, -0.1) is 0 Å². The summed E-state index contributed by atoms with van der Waals surface area (Å²) in [7, 11) is 0. The summed E-state index contributed by atoms with van der Waals surface area (Å²) in [6.45, 7) is 1.95. The molecule has 0 fully saturated rings. The number of rotatable bonds is 1. The van der Waals surface area contributed by atoms with Crippen molar-refractivity contribution < 1.29 is 0 Å². The number of hydrogen-bond donors (Lipinski definition) is 0. The van der Waals surface area contributed by atoms with Gasteiger partial charge in [0.15, 0.2) is 5.82 Å². The summed E-state index contributed by atoms with van der Waals surface area (Å²) in [5, 5.41) is 4.66. The highest BCUT2D eigenvalue weighted by Crippen LogP contribution is 2.17. The molecule has 2 aromatic heterocycles. The second kappa shape index (κ2) is 3.18. The molecule has 2 rings (SSSR count). The van der Waals surface area contributed by atoms with Gasteiger partial charge in [0.25, 0.3) is 0 Å². The summed E-state index contributed by atoms with van der Waals surface area (Å²) in [5.41, 5.74) is 1.04. The minimum absolute atomic E-state index is 0.615. The predicted octanol–water partition coefficient (Wildman–Crippen LogP) is 2.23. The van der Waals surface area contributed by atoms with E-state index in [4.69, 9.17) is 11.6 Å². The fourth-order valence-electron chi connectivity index (χ4n) is 1.09. The molecule has 0 saturated carbocycles. The molecular formula is C9H8ClN3. The molecule has 3 nitrogen and oxygen atoms in total. The lowest BCUT2D eigenvalue weighted by molar-refractivity contribution is 0.845. The van der Waals surface area contributed by atoms with Crippen molar-refractivity contribution in [3.63, 3.8) is 0 Å². The summed E-state index contributed by atoms with van der Waals surface area (Å²) < 4.78 is 1.64. The minimum Gasteiger partial charge on any atom is -0.236 e. The van der Waals surface area contributed by atoms with Crippen molar-refractivity contribution in [2.75, 3.05) is 0 Å². The average molecular weight is 194 g/mol. The van der Waals surface area contributed by atoms with Gasteiger partial charge in [0.05, 0.1) is 5.02 Å². The maximum absolute atomic E-state index is 6.00. The average Bonchev–Trinajstić information content (AvgIpc) is 2.56. The van der Waals surface area contributed by atoms with E-state index in [-0.39, 0.29) is 0 Å². The van der Waals surface area contributed by atoms with Crippen LogP contribution in [0.1, 0.15) is 5.56 Å². The lowest BCUT2D eigenvalue weighted by Gasteiger charge is -2.02. The van der Waals surface area contributed by atoms with Crippen LogP contribution in [0.2, 0.25) is 5.02 Å². The monoisotopic (exact) mass is 193 g/mol. The summed E-state index contributed by atoms with van der Waals surface area (Å²) >= 11 is 6.00. The van der Waals surface area contributed by atoms with Crippen LogP contribution in [0, 0.1) is 6.92 Å². The first-order valence-corrected chi connectivity index (χ1v) is 4.27. The standard InChI is InChI=1S/C9H8ClN3/c1-7-5-8(10)9(11-6-7)13-4-2-3-12-13/h2-6H,1H3. The second-order valence-electron chi connectivity index (χ2n) is 2.77. The Labute approximate surface area is 81.0 Å². The quantitative estimate of drug-likeness (QED) is 0.696. The zero-order valence-corrected chi connectivity index (χ0v) is 7.86. The first kappa shape index (κ1) is 8.26. The van der Waals surface area contributed by atoms with E-state index in [9.17, 15) is 0 Å². The fraction of sp³-hybridized carbons (Fsp3) is 0.111. The molecular weight excluding hydrogens is 186 g/mol. The Morgan fingerprint density at radius 2 is 2.31 bits per heavy atom. The van der Waals surface area contributed by atoms with Crippen LogP contribution in [-0.4, -0.2) is 14.8 Å². The number of nitrogens with zero attached hydrogens (tertiary/aromatic N) is 3. The molecule has 0 N–H and O–H groups in total. The highest BCUT2D eigenvalue weighted by atomic mass is 35.5. The molecule has 0 aliphatic heterocycles. The van der Waals surface area contributed by atoms with Crippen molar-refractivity contribution >= 4 is 11.6 Å². The third kappa shape index (κ3) is 1.55. The Morgan fingerprint density at radius 1 is 1.46 bits per heavy atom. The van der Waals surface area contributed by atoms with Gasteiger partial charge >= 0.3 is 0 Å². The molecule has 0 spiro atoms. The minimum atomic E-state index is 0.615. The Kier molecular flexibility index (Phi) is 2.02. The Hall–Kier alpha value is -1.35. The van der Waals surface area contributed by atoms with Crippen LogP contribution >= 0.6 is 11.6 Å². The predicted molar refractivity (Wildman–Crippen MR) is 51.1 cm³/mol. The van der Waals surface area contributed by atoms with Crippen LogP contribution < -0.4 is 0 Å². The normalized spacial score (nSPS) is 10.3. The topological polar surface area (TPSA) is 30.7 Å². The van der Waals surface area contributed by atoms with Gasteiger partial charge in [-0.05, 0) is 24.6 Å². The Morgan fingerprint density at radius 3 is 2.92 bits per heavy atom. The summed E-state index contributed by atoms with van der Waals surface area (Å²) in [6, 6.07) is 3.70. The molecule has 2 heterocycles. The zero-order valence-electron chi connectivity index (χ0n) is 7.11. The van der Waals surface area contributed by atoms with Crippen LogP contribution in [0.15, 0.2) is 30.7 Å². The summed E-state index contributed by atoms with van der Waals surface area (Å²) in [6.07, 6.45) is 5.27. The highest BCUT2D eigenvalue weighted by molar-refractivity contribution is 6.32. The lowest BCUT2D eigenvalue weighted by atomic mass is 10.3. The van der Waals surface area contributed by atoms with E-state index in [1.807, 2.05) is 25.3 Å². The van der Waals surface area contributed by atoms with E-state index in [0.29, 0.717) is 10.8 Å². The zero-order chi connectivity index (χ0) is 9.26. The molecule has 0 saturated heterocycles. The molecule has 0 unspecified atom stereocenters. The van der Waals surface area contributed by atoms with Crippen LogP contribution in [0.4, 0.5) is 0 Å². The van der Waals surface area contributed by atoms with Crippen molar-refractivity contribution in [2.24, 2.45) is 0 Å². The van der Waals surface area contributed by atoms with Gasteiger partial charge in [0.2, 0.25) is 0 Å². The van der Waals surface area contributed by atoms with Crippen molar-refractivity contribution in [3.8, 4) is 5.82 Å². The van der Waals surface area contributed by atoms with E-state index in [1.54, 1.807) is 17.1 Å². The van der Waals surface area contributed by atoms with Gasteiger partial charge in [0.1, 0.15) is 0 Å². The van der Waals surface area contributed by atoms with Gasteiger partial charge in [0, 0.05) is 18.6 Å². The molecule has 0 aliphatic carbocycles. The summed E-state index contributed by atoms with van der Waals surface area (Å²) in [5.74, 6) is 0.664. The first-order valence-electron chi connectivity index (χ1n) is 3.89. The van der Waals surface area contributed by atoms with Gasteiger partial charge in [-0.25, -0.2) is 9.67 Å². The van der Waals surface area contributed by atoms with Gasteiger partial charge in [-0.1, -0.05) is 11.6 Å². The van der Waals surface area contributed by atoms with E-state index in [0.717, 1.165) is 5.56 Å². The van der Waals surface area contributed by atoms with E-state index in [1.165, 1.54) is 0 Å². The first-order chi connectivity index (χ1) is 6.27. The Bertz CT molecular complexity index is 409. The van der Waals surface area contributed by atoms with E-state index < -0.39 is 0 Å². The van der Waals surface area contributed by atoms with Gasteiger partial charge < -0.3 is 0 Å². The van der Waals surface area contributed by atoms with E-state index >= 15 is 0 Å². The number of hydrogen-bond acceptors (Lipinski definition) is 2. The summed E-state index contributed by atoms with van der Waals surface area (Å²) in [4.78, 5) is 4.19. The smallest absolute Gasteiger partial charge is 0.172 e.